The quantitative estimate of drug-likeness (QED) is 0.265. The molecule has 0 fully saturated rings. The van der Waals surface area contributed by atoms with Gasteiger partial charge >= 0.3 is 0 Å². The summed E-state index contributed by atoms with van der Waals surface area (Å²) in [5.74, 6) is 0. The predicted octanol–water partition coefficient (Wildman–Crippen LogP) is 7.73. The van der Waals surface area contributed by atoms with E-state index in [1.54, 1.807) is 6.07 Å². The second kappa shape index (κ2) is 8.86. The second-order valence-corrected chi connectivity index (χ2v) is 8.85. The summed E-state index contributed by atoms with van der Waals surface area (Å²) in [7, 11) is 0. The summed E-state index contributed by atoms with van der Waals surface area (Å²) < 4.78 is 2.15. The van der Waals surface area contributed by atoms with Crippen molar-refractivity contribution in [1.82, 2.24) is 4.57 Å². The summed E-state index contributed by atoms with van der Waals surface area (Å²) in [6.45, 7) is 0. The number of aromatic nitrogens is 1. The van der Waals surface area contributed by atoms with Crippen molar-refractivity contribution >= 4 is 21.8 Å². The Bertz CT molecular complexity index is 1970. The Hall–Kier alpha value is -5.63. The molecule has 4 heteroatoms. The summed E-state index contributed by atoms with van der Waals surface area (Å²) in [4.78, 5) is 0. The van der Waals surface area contributed by atoms with Crippen molar-refractivity contribution in [1.29, 1.82) is 15.8 Å². The van der Waals surface area contributed by atoms with Crippen molar-refractivity contribution in [3.05, 3.63) is 126 Å². The first kappa shape index (κ1) is 21.9. The van der Waals surface area contributed by atoms with Crippen molar-refractivity contribution in [3.8, 4) is 46.1 Å². The lowest BCUT2D eigenvalue weighted by Crippen LogP contribution is -1.96. The van der Waals surface area contributed by atoms with Crippen LogP contribution in [0.2, 0.25) is 0 Å². The van der Waals surface area contributed by atoms with Crippen molar-refractivity contribution in [2.24, 2.45) is 0 Å². The van der Waals surface area contributed by atoms with Gasteiger partial charge in [0.05, 0.1) is 45.9 Å². The van der Waals surface area contributed by atoms with Gasteiger partial charge in [0.1, 0.15) is 0 Å². The Kier molecular flexibility index (Phi) is 5.24. The van der Waals surface area contributed by atoms with Crippen LogP contribution in [-0.4, -0.2) is 4.57 Å². The van der Waals surface area contributed by atoms with E-state index >= 15 is 0 Å². The normalized spacial score (nSPS) is 10.6. The number of hydrogen-bond acceptors (Lipinski definition) is 3. The Balaban J connectivity index is 1.56. The van der Waals surface area contributed by atoms with Crippen LogP contribution < -0.4 is 0 Å². The molecular formula is C33H18N4. The molecule has 4 nitrogen and oxygen atoms in total. The fraction of sp³-hybridized carbons (Fsp3) is 0. The molecule has 0 saturated heterocycles. The van der Waals surface area contributed by atoms with Crippen molar-refractivity contribution in [2.45, 2.75) is 0 Å². The lowest BCUT2D eigenvalue weighted by Gasteiger charge is -2.12. The van der Waals surface area contributed by atoms with Crippen LogP contribution in [0.3, 0.4) is 0 Å². The van der Waals surface area contributed by atoms with Gasteiger partial charge in [-0.15, -0.1) is 0 Å². The zero-order valence-electron chi connectivity index (χ0n) is 19.7. The standard InChI is InChI=1S/C33H18N4/c34-19-22-5-3-6-25(13-22)26-7-4-8-27(17-26)28-14-24(21-36)15-29(18-28)37-32-10-2-1-9-30(32)31-16-23(20-35)11-12-33(31)37/h1-18H. The minimum absolute atomic E-state index is 0.559. The van der Waals surface area contributed by atoms with Crippen LogP contribution >= 0.6 is 0 Å². The second-order valence-electron chi connectivity index (χ2n) is 8.85. The molecule has 0 bridgehead atoms. The van der Waals surface area contributed by atoms with Crippen LogP contribution in [-0.2, 0) is 0 Å². The molecule has 0 aliphatic heterocycles. The van der Waals surface area contributed by atoms with Crippen LogP contribution in [0.5, 0.6) is 0 Å². The summed E-state index contributed by atoms with van der Waals surface area (Å²) >= 11 is 0. The van der Waals surface area contributed by atoms with Gasteiger partial charge < -0.3 is 4.57 Å². The van der Waals surface area contributed by atoms with E-state index in [1.807, 2.05) is 78.9 Å². The minimum atomic E-state index is 0.559. The zero-order valence-corrected chi connectivity index (χ0v) is 19.7. The number of rotatable bonds is 3. The average molecular weight is 471 g/mol. The number of nitriles is 3. The summed E-state index contributed by atoms with van der Waals surface area (Å²) in [6, 6.07) is 42.1. The summed E-state index contributed by atoms with van der Waals surface area (Å²) in [5.41, 5.74) is 8.51. The number of nitrogens with zero attached hydrogens (tertiary/aromatic N) is 4. The first-order chi connectivity index (χ1) is 18.2. The van der Waals surface area contributed by atoms with Crippen molar-refractivity contribution in [2.75, 3.05) is 0 Å². The first-order valence-electron chi connectivity index (χ1n) is 11.8. The Labute approximate surface area is 214 Å². The molecule has 0 aliphatic rings. The van der Waals surface area contributed by atoms with Gasteiger partial charge in [0.25, 0.3) is 0 Å². The van der Waals surface area contributed by atoms with E-state index in [2.05, 4.69) is 47.0 Å². The van der Waals surface area contributed by atoms with E-state index in [0.717, 1.165) is 49.7 Å². The Morgan fingerprint density at radius 1 is 0.432 bits per heavy atom. The highest BCUT2D eigenvalue weighted by Crippen LogP contribution is 2.35. The zero-order chi connectivity index (χ0) is 25.4. The van der Waals surface area contributed by atoms with E-state index < -0.39 is 0 Å². The van der Waals surface area contributed by atoms with E-state index in [-0.39, 0.29) is 0 Å². The molecule has 0 atom stereocenters. The van der Waals surface area contributed by atoms with E-state index in [4.69, 9.17) is 0 Å². The molecule has 0 spiro atoms. The molecule has 0 radical (unpaired) electrons. The highest BCUT2D eigenvalue weighted by Gasteiger charge is 2.14. The molecule has 1 heterocycles. The predicted molar refractivity (Wildman–Crippen MR) is 146 cm³/mol. The van der Waals surface area contributed by atoms with Gasteiger partial charge in [-0.1, -0.05) is 48.5 Å². The molecule has 0 N–H and O–H groups in total. The molecule has 170 valence electrons. The van der Waals surface area contributed by atoms with Crippen molar-refractivity contribution < 1.29 is 0 Å². The van der Waals surface area contributed by atoms with Crippen LogP contribution in [0.4, 0.5) is 0 Å². The lowest BCUT2D eigenvalue weighted by molar-refractivity contribution is 1.18. The SMILES string of the molecule is N#Cc1cccc(-c2cccc(-c3cc(C#N)cc(-n4c5ccccc5c5cc(C#N)ccc54)c3)c2)c1. The maximum atomic E-state index is 9.89. The lowest BCUT2D eigenvalue weighted by atomic mass is 9.97. The van der Waals surface area contributed by atoms with Crippen LogP contribution in [0.25, 0.3) is 49.7 Å². The monoisotopic (exact) mass is 470 g/mol. The van der Waals surface area contributed by atoms with E-state index in [0.29, 0.717) is 16.7 Å². The van der Waals surface area contributed by atoms with Gasteiger partial charge in [0.2, 0.25) is 0 Å². The number of para-hydroxylation sites is 1. The molecule has 0 aliphatic carbocycles. The summed E-state index contributed by atoms with van der Waals surface area (Å²) in [6.07, 6.45) is 0. The third-order valence-corrected chi connectivity index (χ3v) is 6.63. The van der Waals surface area contributed by atoms with Crippen molar-refractivity contribution in [3.63, 3.8) is 0 Å². The molecule has 1 aromatic heterocycles. The third kappa shape index (κ3) is 3.78. The van der Waals surface area contributed by atoms with E-state index in [1.165, 1.54) is 0 Å². The molecule has 6 aromatic rings. The van der Waals surface area contributed by atoms with Gasteiger partial charge in [-0.25, -0.2) is 0 Å². The number of benzene rings is 5. The molecule has 5 aromatic carbocycles. The van der Waals surface area contributed by atoms with Gasteiger partial charge in [0, 0.05) is 16.5 Å². The van der Waals surface area contributed by atoms with Crippen LogP contribution in [0, 0.1) is 34.0 Å². The molecule has 0 unspecified atom stereocenters. The third-order valence-electron chi connectivity index (χ3n) is 6.63. The maximum absolute atomic E-state index is 9.89. The molecule has 37 heavy (non-hydrogen) atoms. The molecule has 0 saturated carbocycles. The van der Waals surface area contributed by atoms with E-state index in [9.17, 15) is 15.8 Å². The van der Waals surface area contributed by atoms with Gasteiger partial charge in [0.15, 0.2) is 0 Å². The first-order valence-corrected chi connectivity index (χ1v) is 11.8. The minimum Gasteiger partial charge on any atom is -0.309 e. The van der Waals surface area contributed by atoms with Crippen LogP contribution in [0.15, 0.2) is 109 Å². The smallest absolute Gasteiger partial charge is 0.0992 e. The fourth-order valence-corrected chi connectivity index (χ4v) is 4.94. The largest absolute Gasteiger partial charge is 0.309 e. The molecular weight excluding hydrogens is 452 g/mol. The van der Waals surface area contributed by atoms with Gasteiger partial charge in [-0.2, -0.15) is 15.8 Å². The summed E-state index contributed by atoms with van der Waals surface area (Å²) in [5, 5.41) is 30.7. The highest BCUT2D eigenvalue weighted by atomic mass is 15.0. The molecule has 6 rings (SSSR count). The average Bonchev–Trinajstić information content (AvgIpc) is 3.30. The van der Waals surface area contributed by atoms with Gasteiger partial charge in [-0.05, 0) is 82.9 Å². The van der Waals surface area contributed by atoms with Gasteiger partial charge in [-0.3, -0.25) is 0 Å². The fourth-order valence-electron chi connectivity index (χ4n) is 4.94. The highest BCUT2D eigenvalue weighted by molar-refractivity contribution is 6.09. The number of hydrogen-bond donors (Lipinski definition) is 0. The maximum Gasteiger partial charge on any atom is 0.0992 e. The Morgan fingerprint density at radius 2 is 1.05 bits per heavy atom. The Morgan fingerprint density at radius 3 is 1.84 bits per heavy atom. The van der Waals surface area contributed by atoms with Crippen LogP contribution in [0.1, 0.15) is 16.7 Å². The topological polar surface area (TPSA) is 76.3 Å². The molecule has 0 amide bonds. The number of fused-ring (bicyclic) bond motifs is 3.